The highest BCUT2D eigenvalue weighted by Gasteiger charge is 2.13. The van der Waals surface area contributed by atoms with Crippen molar-refractivity contribution in [2.75, 3.05) is 5.32 Å². The lowest BCUT2D eigenvalue weighted by molar-refractivity contribution is -0.114. The van der Waals surface area contributed by atoms with E-state index >= 15 is 0 Å². The zero-order valence-corrected chi connectivity index (χ0v) is 14.3. The molecule has 0 saturated heterocycles. The van der Waals surface area contributed by atoms with Crippen molar-refractivity contribution in [2.45, 2.75) is 34.2 Å². The average Bonchev–Trinajstić information content (AvgIpc) is 3.02. The Labute approximate surface area is 140 Å². The summed E-state index contributed by atoms with van der Waals surface area (Å²) >= 11 is 0. The van der Waals surface area contributed by atoms with Gasteiger partial charge in [0.1, 0.15) is 11.5 Å². The van der Waals surface area contributed by atoms with Crippen LogP contribution in [0.3, 0.4) is 0 Å². The molecule has 0 radical (unpaired) electrons. The van der Waals surface area contributed by atoms with Crippen LogP contribution in [0.5, 0.6) is 0 Å². The van der Waals surface area contributed by atoms with Gasteiger partial charge in [-0.1, -0.05) is 0 Å². The Morgan fingerprint density at radius 2 is 1.92 bits per heavy atom. The van der Waals surface area contributed by atoms with Crippen LogP contribution in [0.15, 0.2) is 34.7 Å². The van der Waals surface area contributed by atoms with Crippen molar-refractivity contribution in [3.8, 4) is 11.5 Å². The smallest absolute Gasteiger partial charge is 0.226 e. The minimum Gasteiger partial charge on any atom is -0.441 e. The number of aryl methyl sites for hydroxylation is 3. The molecule has 6 heteroatoms. The van der Waals surface area contributed by atoms with Crippen LogP contribution >= 0.6 is 0 Å². The van der Waals surface area contributed by atoms with Crippen LogP contribution in [0.4, 0.5) is 5.69 Å². The highest BCUT2D eigenvalue weighted by Crippen LogP contribution is 2.24. The van der Waals surface area contributed by atoms with E-state index in [0.29, 0.717) is 12.4 Å². The molecule has 3 rings (SSSR count). The summed E-state index contributed by atoms with van der Waals surface area (Å²) < 4.78 is 7.72. The fourth-order valence-corrected chi connectivity index (χ4v) is 2.57. The van der Waals surface area contributed by atoms with Gasteiger partial charge in [-0.3, -0.25) is 9.48 Å². The van der Waals surface area contributed by atoms with E-state index in [1.165, 1.54) is 6.92 Å². The molecule has 1 N–H and O–H groups in total. The summed E-state index contributed by atoms with van der Waals surface area (Å²) in [4.78, 5) is 15.7. The highest BCUT2D eigenvalue weighted by atomic mass is 16.4. The van der Waals surface area contributed by atoms with Crippen molar-refractivity contribution in [3.63, 3.8) is 0 Å². The topological polar surface area (TPSA) is 73.0 Å². The first-order valence-electron chi connectivity index (χ1n) is 7.78. The lowest BCUT2D eigenvalue weighted by Gasteiger charge is -2.02. The standard InChI is InChI=1S/C18H20N4O2/c1-11-9-12(2)22(21-11)10-17-13(3)24-18(20-17)15-5-7-16(8-6-15)19-14(4)23/h5-9H,10H2,1-4H3,(H,19,23). The zero-order chi connectivity index (χ0) is 17.3. The molecular formula is C18H20N4O2. The number of nitrogens with zero attached hydrogens (tertiary/aromatic N) is 3. The van der Waals surface area contributed by atoms with Crippen molar-refractivity contribution >= 4 is 11.6 Å². The van der Waals surface area contributed by atoms with Crippen molar-refractivity contribution in [2.24, 2.45) is 0 Å². The number of nitrogens with one attached hydrogen (secondary N) is 1. The van der Waals surface area contributed by atoms with Crippen molar-refractivity contribution in [1.29, 1.82) is 0 Å². The SMILES string of the molecule is CC(=O)Nc1ccc(-c2nc(Cn3nc(C)cc3C)c(C)o2)cc1. The molecular weight excluding hydrogens is 304 g/mol. The Morgan fingerprint density at radius 3 is 2.50 bits per heavy atom. The molecule has 0 unspecified atom stereocenters. The molecule has 1 aromatic carbocycles. The number of carbonyl (C=O) groups is 1. The molecule has 0 aliphatic carbocycles. The summed E-state index contributed by atoms with van der Waals surface area (Å²) in [5.74, 6) is 1.25. The average molecular weight is 324 g/mol. The van der Waals surface area contributed by atoms with Gasteiger partial charge in [0.05, 0.1) is 12.2 Å². The van der Waals surface area contributed by atoms with Gasteiger partial charge in [0.2, 0.25) is 11.8 Å². The molecule has 0 saturated carbocycles. The van der Waals surface area contributed by atoms with E-state index in [1.807, 2.05) is 55.8 Å². The van der Waals surface area contributed by atoms with Gasteiger partial charge in [-0.2, -0.15) is 5.10 Å². The van der Waals surface area contributed by atoms with Crippen LogP contribution < -0.4 is 5.32 Å². The first-order chi connectivity index (χ1) is 11.4. The minimum absolute atomic E-state index is 0.0955. The lowest BCUT2D eigenvalue weighted by atomic mass is 10.2. The third-order valence-corrected chi connectivity index (χ3v) is 3.75. The molecule has 124 valence electrons. The van der Waals surface area contributed by atoms with Crippen LogP contribution in [-0.2, 0) is 11.3 Å². The number of aromatic nitrogens is 3. The number of carbonyl (C=O) groups excluding carboxylic acids is 1. The number of hydrogen-bond donors (Lipinski definition) is 1. The number of oxazole rings is 1. The Hall–Kier alpha value is -2.89. The summed E-state index contributed by atoms with van der Waals surface area (Å²) in [6.07, 6.45) is 0. The summed E-state index contributed by atoms with van der Waals surface area (Å²) in [7, 11) is 0. The Morgan fingerprint density at radius 1 is 1.21 bits per heavy atom. The summed E-state index contributed by atoms with van der Waals surface area (Å²) in [5.41, 5.74) is 4.56. The van der Waals surface area contributed by atoms with E-state index in [9.17, 15) is 4.79 Å². The largest absolute Gasteiger partial charge is 0.441 e. The molecule has 0 fully saturated rings. The molecule has 24 heavy (non-hydrogen) atoms. The Kier molecular flexibility index (Phi) is 4.20. The van der Waals surface area contributed by atoms with Crippen molar-refractivity contribution < 1.29 is 9.21 Å². The maximum atomic E-state index is 11.1. The summed E-state index contributed by atoms with van der Waals surface area (Å²) in [5, 5.41) is 7.20. The maximum absolute atomic E-state index is 11.1. The second-order valence-corrected chi connectivity index (χ2v) is 5.87. The van der Waals surface area contributed by atoms with E-state index in [2.05, 4.69) is 15.4 Å². The number of rotatable bonds is 4. The number of hydrogen-bond acceptors (Lipinski definition) is 4. The third-order valence-electron chi connectivity index (χ3n) is 3.75. The van der Waals surface area contributed by atoms with E-state index in [-0.39, 0.29) is 5.91 Å². The minimum atomic E-state index is -0.0955. The Bertz CT molecular complexity index is 875. The quantitative estimate of drug-likeness (QED) is 0.797. The highest BCUT2D eigenvalue weighted by molar-refractivity contribution is 5.88. The first kappa shape index (κ1) is 16.0. The van der Waals surface area contributed by atoms with Gasteiger partial charge >= 0.3 is 0 Å². The fourth-order valence-electron chi connectivity index (χ4n) is 2.57. The van der Waals surface area contributed by atoms with E-state index in [4.69, 9.17) is 4.42 Å². The van der Waals surface area contributed by atoms with Gasteiger partial charge in [-0.15, -0.1) is 0 Å². The van der Waals surface area contributed by atoms with Crippen LogP contribution in [0.2, 0.25) is 0 Å². The van der Waals surface area contributed by atoms with Gasteiger partial charge in [-0.25, -0.2) is 4.98 Å². The molecule has 0 spiro atoms. The van der Waals surface area contributed by atoms with Crippen LogP contribution in [0.1, 0.15) is 29.8 Å². The molecule has 1 amide bonds. The molecule has 0 atom stereocenters. The van der Waals surface area contributed by atoms with Crippen LogP contribution in [-0.4, -0.2) is 20.7 Å². The van der Waals surface area contributed by atoms with Gasteiger partial charge in [0.25, 0.3) is 0 Å². The number of amides is 1. The predicted molar refractivity (Wildman–Crippen MR) is 91.8 cm³/mol. The van der Waals surface area contributed by atoms with E-state index in [0.717, 1.165) is 34.1 Å². The van der Waals surface area contributed by atoms with E-state index < -0.39 is 0 Å². The second-order valence-electron chi connectivity index (χ2n) is 5.87. The maximum Gasteiger partial charge on any atom is 0.226 e. The second kappa shape index (κ2) is 6.31. The predicted octanol–water partition coefficient (Wildman–Crippen LogP) is 3.47. The Balaban J connectivity index is 1.83. The molecule has 2 aromatic heterocycles. The van der Waals surface area contributed by atoms with E-state index in [1.54, 1.807) is 0 Å². The molecule has 0 aliphatic heterocycles. The zero-order valence-electron chi connectivity index (χ0n) is 14.3. The lowest BCUT2D eigenvalue weighted by Crippen LogP contribution is -2.05. The number of benzene rings is 1. The van der Waals surface area contributed by atoms with Gasteiger partial charge in [-0.05, 0) is 51.1 Å². The van der Waals surface area contributed by atoms with Crippen LogP contribution in [0, 0.1) is 20.8 Å². The van der Waals surface area contributed by atoms with Gasteiger partial charge < -0.3 is 9.73 Å². The fraction of sp³-hybridized carbons (Fsp3) is 0.278. The monoisotopic (exact) mass is 324 g/mol. The summed E-state index contributed by atoms with van der Waals surface area (Å²) in [6, 6.07) is 9.46. The molecule has 2 heterocycles. The van der Waals surface area contributed by atoms with Gasteiger partial charge in [0.15, 0.2) is 0 Å². The van der Waals surface area contributed by atoms with Crippen LogP contribution in [0.25, 0.3) is 11.5 Å². The van der Waals surface area contributed by atoms with Crippen molar-refractivity contribution in [3.05, 3.63) is 53.2 Å². The molecule has 0 bridgehead atoms. The van der Waals surface area contributed by atoms with Crippen molar-refractivity contribution in [1.82, 2.24) is 14.8 Å². The molecule has 3 aromatic rings. The van der Waals surface area contributed by atoms with Gasteiger partial charge in [0, 0.05) is 23.9 Å². The number of anilines is 1. The normalized spacial score (nSPS) is 10.8. The first-order valence-corrected chi connectivity index (χ1v) is 7.78. The molecule has 6 nitrogen and oxygen atoms in total. The summed E-state index contributed by atoms with van der Waals surface area (Å²) in [6.45, 7) is 7.97. The molecule has 0 aliphatic rings. The third kappa shape index (κ3) is 3.37.